The summed E-state index contributed by atoms with van der Waals surface area (Å²) in [6.07, 6.45) is 1.05. The van der Waals surface area contributed by atoms with Gasteiger partial charge in [0, 0.05) is 31.1 Å². The quantitative estimate of drug-likeness (QED) is 0.758. The highest BCUT2D eigenvalue weighted by molar-refractivity contribution is 5.79. The Balaban J connectivity index is 1.47. The molecule has 0 aliphatic carbocycles. The zero-order chi connectivity index (χ0) is 21.6. The van der Waals surface area contributed by atoms with Crippen molar-refractivity contribution in [2.45, 2.75) is 52.3 Å². The van der Waals surface area contributed by atoms with Crippen molar-refractivity contribution in [1.29, 1.82) is 0 Å². The zero-order valence-electron chi connectivity index (χ0n) is 18.5. The minimum absolute atomic E-state index is 0.0549. The van der Waals surface area contributed by atoms with Crippen LogP contribution in [0.15, 0.2) is 24.3 Å². The summed E-state index contributed by atoms with van der Waals surface area (Å²) in [7, 11) is 0. The second kappa shape index (κ2) is 10.3. The predicted octanol–water partition coefficient (Wildman–Crippen LogP) is 1.37. The number of ether oxygens (including phenoxy) is 2. The third-order valence-corrected chi connectivity index (χ3v) is 5.73. The van der Waals surface area contributed by atoms with Gasteiger partial charge in [0.1, 0.15) is 25.2 Å². The molecule has 7 heteroatoms. The molecule has 1 aromatic carbocycles. The van der Waals surface area contributed by atoms with Crippen LogP contribution in [0.4, 0.5) is 4.79 Å². The fourth-order valence-corrected chi connectivity index (χ4v) is 3.99. The maximum absolute atomic E-state index is 12.7. The minimum Gasteiger partial charge on any atom is -0.444 e. The molecule has 2 aliphatic rings. The van der Waals surface area contributed by atoms with Crippen LogP contribution in [-0.4, -0.2) is 61.9 Å². The number of carbonyl (C=O) groups is 2. The Morgan fingerprint density at radius 3 is 2.40 bits per heavy atom. The van der Waals surface area contributed by atoms with Gasteiger partial charge in [-0.3, -0.25) is 4.79 Å². The Bertz CT molecular complexity index is 717. The van der Waals surface area contributed by atoms with Crippen molar-refractivity contribution in [2.24, 2.45) is 5.92 Å². The van der Waals surface area contributed by atoms with Crippen LogP contribution >= 0.6 is 0 Å². The molecule has 2 heterocycles. The minimum atomic E-state index is -0.498. The van der Waals surface area contributed by atoms with E-state index in [2.05, 4.69) is 23.5 Å². The standard InChI is InChI=1S/C23H35N3O4/c1-23(2,3)30-22(28)26-10-8-18(9-11-26)21(27)24-16-19-6-4-5-7-20(19)17-25-12-14-29-15-13-25/h4-7,18H,8-17H2,1-3H3,(H,24,27)/p+1. The van der Waals surface area contributed by atoms with Gasteiger partial charge in [0.05, 0.1) is 13.2 Å². The highest BCUT2D eigenvalue weighted by Crippen LogP contribution is 2.20. The Kier molecular flexibility index (Phi) is 7.72. The smallest absolute Gasteiger partial charge is 0.410 e. The number of morpholine rings is 1. The first-order chi connectivity index (χ1) is 14.3. The summed E-state index contributed by atoms with van der Waals surface area (Å²) in [5.41, 5.74) is 1.97. The van der Waals surface area contributed by atoms with E-state index in [1.54, 1.807) is 4.90 Å². The molecule has 2 fully saturated rings. The summed E-state index contributed by atoms with van der Waals surface area (Å²) in [6.45, 7) is 11.9. The summed E-state index contributed by atoms with van der Waals surface area (Å²) < 4.78 is 10.9. The second-order valence-electron chi connectivity index (χ2n) is 9.27. The lowest BCUT2D eigenvalue weighted by molar-refractivity contribution is -0.921. The molecule has 3 rings (SSSR count). The summed E-state index contributed by atoms with van der Waals surface area (Å²) >= 11 is 0. The number of nitrogens with zero attached hydrogens (tertiary/aromatic N) is 1. The largest absolute Gasteiger partial charge is 0.444 e. The molecule has 2 saturated heterocycles. The van der Waals surface area contributed by atoms with Gasteiger partial charge in [-0.1, -0.05) is 24.3 Å². The molecule has 0 saturated carbocycles. The molecule has 7 nitrogen and oxygen atoms in total. The topological polar surface area (TPSA) is 72.3 Å². The van der Waals surface area contributed by atoms with Crippen molar-refractivity contribution in [3.63, 3.8) is 0 Å². The number of piperidine rings is 1. The molecule has 166 valence electrons. The van der Waals surface area contributed by atoms with Gasteiger partial charge in [0.2, 0.25) is 5.91 Å². The van der Waals surface area contributed by atoms with Crippen molar-refractivity contribution >= 4 is 12.0 Å². The molecule has 2 amide bonds. The normalized spacial score (nSPS) is 18.8. The van der Waals surface area contributed by atoms with Crippen LogP contribution < -0.4 is 10.2 Å². The number of amides is 2. The Hall–Kier alpha value is -2.12. The predicted molar refractivity (Wildman–Crippen MR) is 114 cm³/mol. The number of carbonyl (C=O) groups excluding carboxylic acids is 2. The molecule has 2 N–H and O–H groups in total. The Morgan fingerprint density at radius 1 is 1.13 bits per heavy atom. The fourth-order valence-electron chi connectivity index (χ4n) is 3.99. The molecule has 0 radical (unpaired) electrons. The number of benzene rings is 1. The Labute approximate surface area is 179 Å². The maximum Gasteiger partial charge on any atom is 0.410 e. The molecule has 0 unspecified atom stereocenters. The fraction of sp³-hybridized carbons (Fsp3) is 0.652. The lowest BCUT2D eigenvalue weighted by Gasteiger charge is -2.33. The van der Waals surface area contributed by atoms with Crippen LogP contribution in [0.5, 0.6) is 0 Å². The number of likely N-dealkylation sites (tertiary alicyclic amines) is 1. The van der Waals surface area contributed by atoms with E-state index in [-0.39, 0.29) is 17.9 Å². The molecule has 1 aromatic rings. The van der Waals surface area contributed by atoms with Gasteiger partial charge >= 0.3 is 6.09 Å². The molecule has 0 atom stereocenters. The molecular weight excluding hydrogens is 382 g/mol. The van der Waals surface area contributed by atoms with Gasteiger partial charge in [-0.05, 0) is 39.2 Å². The first-order valence-electron chi connectivity index (χ1n) is 11.1. The van der Waals surface area contributed by atoms with Gasteiger partial charge in [-0.15, -0.1) is 0 Å². The van der Waals surface area contributed by atoms with Gasteiger partial charge in [-0.25, -0.2) is 4.79 Å². The number of hydrogen-bond acceptors (Lipinski definition) is 4. The third-order valence-electron chi connectivity index (χ3n) is 5.73. The van der Waals surface area contributed by atoms with E-state index < -0.39 is 5.60 Å². The van der Waals surface area contributed by atoms with E-state index in [4.69, 9.17) is 9.47 Å². The molecule has 0 bridgehead atoms. The zero-order valence-corrected chi connectivity index (χ0v) is 18.5. The number of quaternary nitrogens is 1. The second-order valence-corrected chi connectivity index (χ2v) is 9.27. The van der Waals surface area contributed by atoms with Gasteiger partial charge in [-0.2, -0.15) is 0 Å². The van der Waals surface area contributed by atoms with E-state index in [0.717, 1.165) is 32.8 Å². The van der Waals surface area contributed by atoms with Crippen molar-refractivity contribution in [2.75, 3.05) is 39.4 Å². The van der Waals surface area contributed by atoms with Crippen LogP contribution in [0.1, 0.15) is 44.7 Å². The number of rotatable bonds is 5. The number of nitrogens with one attached hydrogen (secondary N) is 2. The molecule has 30 heavy (non-hydrogen) atoms. The molecule has 0 aromatic heterocycles. The van der Waals surface area contributed by atoms with Crippen molar-refractivity contribution in [3.05, 3.63) is 35.4 Å². The molecule has 0 spiro atoms. The maximum atomic E-state index is 12.7. The van der Waals surface area contributed by atoms with Crippen LogP contribution in [0.2, 0.25) is 0 Å². The van der Waals surface area contributed by atoms with Crippen molar-refractivity contribution < 1.29 is 24.0 Å². The Morgan fingerprint density at radius 2 is 1.77 bits per heavy atom. The van der Waals surface area contributed by atoms with Crippen LogP contribution in [0.25, 0.3) is 0 Å². The monoisotopic (exact) mass is 418 g/mol. The van der Waals surface area contributed by atoms with Gasteiger partial charge < -0.3 is 24.6 Å². The van der Waals surface area contributed by atoms with Crippen molar-refractivity contribution in [1.82, 2.24) is 10.2 Å². The van der Waals surface area contributed by atoms with Gasteiger partial charge in [0.25, 0.3) is 0 Å². The highest BCUT2D eigenvalue weighted by Gasteiger charge is 2.30. The van der Waals surface area contributed by atoms with E-state index in [1.165, 1.54) is 16.0 Å². The summed E-state index contributed by atoms with van der Waals surface area (Å²) in [4.78, 5) is 28.1. The highest BCUT2D eigenvalue weighted by atomic mass is 16.6. The summed E-state index contributed by atoms with van der Waals surface area (Å²) in [5.74, 6) is 0.0214. The van der Waals surface area contributed by atoms with E-state index >= 15 is 0 Å². The van der Waals surface area contributed by atoms with E-state index in [9.17, 15) is 9.59 Å². The van der Waals surface area contributed by atoms with E-state index in [1.807, 2.05) is 26.8 Å². The first kappa shape index (κ1) is 22.6. The average molecular weight is 419 g/mol. The van der Waals surface area contributed by atoms with Crippen LogP contribution in [-0.2, 0) is 27.4 Å². The lowest BCUT2D eigenvalue weighted by Crippen LogP contribution is -3.12. The van der Waals surface area contributed by atoms with Crippen molar-refractivity contribution in [3.8, 4) is 0 Å². The van der Waals surface area contributed by atoms with E-state index in [0.29, 0.717) is 32.5 Å². The number of hydrogen-bond donors (Lipinski definition) is 2. The summed E-state index contributed by atoms with van der Waals surface area (Å²) in [6, 6.07) is 8.34. The molecular formula is C23H36N3O4+. The third kappa shape index (κ3) is 6.71. The first-order valence-corrected chi connectivity index (χ1v) is 11.1. The molecule has 2 aliphatic heterocycles. The van der Waals surface area contributed by atoms with Gasteiger partial charge in [0.15, 0.2) is 0 Å². The lowest BCUT2D eigenvalue weighted by atomic mass is 9.96. The average Bonchev–Trinajstić information content (AvgIpc) is 2.72. The SMILES string of the molecule is CC(C)(C)OC(=O)N1CCC(C(=O)NCc2ccccc2C[NH+]2CCOCC2)CC1. The summed E-state index contributed by atoms with van der Waals surface area (Å²) in [5, 5.41) is 3.12. The van der Waals surface area contributed by atoms with Crippen LogP contribution in [0, 0.1) is 5.92 Å². The van der Waals surface area contributed by atoms with Crippen LogP contribution in [0.3, 0.4) is 0 Å².